The van der Waals surface area contributed by atoms with Gasteiger partial charge in [-0.2, -0.15) is 0 Å². The summed E-state index contributed by atoms with van der Waals surface area (Å²) in [7, 11) is 0. The number of nitro groups is 1. The number of amides is 1. The molecule has 1 amide bonds. The molecule has 18 heavy (non-hydrogen) atoms. The van der Waals surface area contributed by atoms with E-state index in [1.165, 1.54) is 0 Å². The van der Waals surface area contributed by atoms with Gasteiger partial charge in [-0.3, -0.25) is 14.9 Å². The molecule has 1 aromatic carbocycles. The van der Waals surface area contributed by atoms with Crippen LogP contribution in [-0.4, -0.2) is 17.4 Å². The van der Waals surface area contributed by atoms with E-state index < -0.39 is 16.6 Å². The number of carbonyl (C=O) groups excluding carboxylic acids is 1. The molecule has 0 bridgehead atoms. The Bertz CT molecular complexity index is 461. The van der Waals surface area contributed by atoms with Crippen molar-refractivity contribution in [2.24, 2.45) is 5.92 Å². The van der Waals surface area contributed by atoms with E-state index >= 15 is 0 Å². The third-order valence-electron chi connectivity index (χ3n) is 2.42. The number of benzene rings is 1. The maximum atomic E-state index is 13.5. The van der Waals surface area contributed by atoms with Crippen LogP contribution in [0.15, 0.2) is 18.2 Å². The Morgan fingerprint density at radius 3 is 2.67 bits per heavy atom. The van der Waals surface area contributed by atoms with Crippen molar-refractivity contribution in [2.75, 3.05) is 6.54 Å². The van der Waals surface area contributed by atoms with E-state index in [0.29, 0.717) is 12.5 Å². The lowest BCUT2D eigenvalue weighted by Crippen LogP contribution is -2.26. The summed E-state index contributed by atoms with van der Waals surface area (Å²) in [5.74, 6) is -0.999. The number of rotatable bonds is 5. The molecule has 5 nitrogen and oxygen atoms in total. The van der Waals surface area contributed by atoms with Crippen LogP contribution in [0.25, 0.3) is 0 Å². The van der Waals surface area contributed by atoms with Crippen LogP contribution in [0.4, 0.5) is 10.1 Å². The summed E-state index contributed by atoms with van der Waals surface area (Å²) in [5.41, 5.74) is -0.546. The molecule has 0 heterocycles. The Morgan fingerprint density at radius 2 is 2.17 bits per heavy atom. The highest BCUT2D eigenvalue weighted by molar-refractivity contribution is 5.94. The van der Waals surface area contributed by atoms with Crippen LogP contribution < -0.4 is 5.32 Å². The molecule has 0 aliphatic rings. The Morgan fingerprint density at radius 1 is 1.50 bits per heavy atom. The summed E-state index contributed by atoms with van der Waals surface area (Å²) in [6.07, 6.45) is 0.792. The fraction of sp³-hybridized carbons (Fsp3) is 0.417. The monoisotopic (exact) mass is 254 g/mol. The van der Waals surface area contributed by atoms with E-state index in [0.717, 1.165) is 24.6 Å². The van der Waals surface area contributed by atoms with Gasteiger partial charge in [0.2, 0.25) is 0 Å². The average Bonchev–Trinajstić information content (AvgIpc) is 2.27. The van der Waals surface area contributed by atoms with Gasteiger partial charge in [-0.05, 0) is 18.4 Å². The first-order valence-electron chi connectivity index (χ1n) is 5.64. The highest BCUT2D eigenvalue weighted by atomic mass is 19.1. The molecule has 98 valence electrons. The maximum Gasteiger partial charge on any atom is 0.272 e. The Labute approximate surface area is 104 Å². The first-order chi connectivity index (χ1) is 8.41. The van der Waals surface area contributed by atoms with Crippen LogP contribution >= 0.6 is 0 Å². The van der Waals surface area contributed by atoms with Crippen molar-refractivity contribution >= 4 is 11.6 Å². The number of non-ortho nitro benzene ring substituents is 1. The molecule has 1 N–H and O–H groups in total. The quantitative estimate of drug-likeness (QED) is 0.648. The number of hydrogen-bond acceptors (Lipinski definition) is 3. The zero-order valence-electron chi connectivity index (χ0n) is 10.3. The van der Waals surface area contributed by atoms with E-state index in [9.17, 15) is 19.3 Å². The third-order valence-corrected chi connectivity index (χ3v) is 2.42. The van der Waals surface area contributed by atoms with E-state index in [1.54, 1.807) is 0 Å². The van der Waals surface area contributed by atoms with Crippen LogP contribution in [0, 0.1) is 21.8 Å². The minimum Gasteiger partial charge on any atom is -0.352 e. The minimum atomic E-state index is -0.883. The molecule has 0 fully saturated rings. The summed E-state index contributed by atoms with van der Waals surface area (Å²) in [6.45, 7) is 4.48. The molecule has 0 aromatic heterocycles. The Hall–Kier alpha value is -1.98. The second-order valence-corrected chi connectivity index (χ2v) is 4.36. The topological polar surface area (TPSA) is 72.2 Å². The summed E-state index contributed by atoms with van der Waals surface area (Å²) >= 11 is 0. The fourth-order valence-corrected chi connectivity index (χ4v) is 1.37. The smallest absolute Gasteiger partial charge is 0.272 e. The highest BCUT2D eigenvalue weighted by Crippen LogP contribution is 2.16. The van der Waals surface area contributed by atoms with Crippen molar-refractivity contribution in [3.8, 4) is 0 Å². The molecule has 0 saturated heterocycles. The number of hydrogen-bond donors (Lipinski definition) is 1. The number of carbonyl (C=O) groups is 1. The number of nitro benzene ring substituents is 1. The lowest BCUT2D eigenvalue weighted by Gasteiger charge is -2.07. The van der Waals surface area contributed by atoms with Crippen molar-refractivity contribution in [1.82, 2.24) is 5.32 Å². The molecular weight excluding hydrogens is 239 g/mol. The van der Waals surface area contributed by atoms with Crippen LogP contribution in [0.3, 0.4) is 0 Å². The lowest BCUT2D eigenvalue weighted by molar-refractivity contribution is -0.385. The van der Waals surface area contributed by atoms with Gasteiger partial charge in [0.05, 0.1) is 16.6 Å². The molecule has 0 atom stereocenters. The predicted octanol–water partition coefficient (Wildman–Crippen LogP) is 2.51. The van der Waals surface area contributed by atoms with Gasteiger partial charge in [-0.25, -0.2) is 4.39 Å². The van der Waals surface area contributed by atoms with Gasteiger partial charge >= 0.3 is 0 Å². The molecule has 6 heteroatoms. The van der Waals surface area contributed by atoms with Gasteiger partial charge in [0.15, 0.2) is 0 Å². The van der Waals surface area contributed by atoms with Crippen molar-refractivity contribution in [1.29, 1.82) is 0 Å². The van der Waals surface area contributed by atoms with Crippen LogP contribution in [0.1, 0.15) is 30.6 Å². The first-order valence-corrected chi connectivity index (χ1v) is 5.64. The summed E-state index contributed by atoms with van der Waals surface area (Å²) < 4.78 is 13.5. The standard InChI is InChI=1S/C12H15FN2O3/c1-8(2)5-6-14-12(16)10-4-3-9(15(17)18)7-11(10)13/h3-4,7-8H,5-6H2,1-2H3,(H,14,16). The lowest BCUT2D eigenvalue weighted by atomic mass is 10.1. The summed E-state index contributed by atoms with van der Waals surface area (Å²) in [5, 5.41) is 13.0. The van der Waals surface area contributed by atoms with Crippen LogP contribution in [0.2, 0.25) is 0 Å². The second kappa shape index (κ2) is 6.09. The molecule has 1 rings (SSSR count). The van der Waals surface area contributed by atoms with E-state index in [1.807, 2.05) is 13.8 Å². The summed E-state index contributed by atoms with van der Waals surface area (Å²) in [6, 6.07) is 2.98. The maximum absolute atomic E-state index is 13.5. The van der Waals surface area contributed by atoms with E-state index in [-0.39, 0.29) is 11.3 Å². The van der Waals surface area contributed by atoms with Crippen LogP contribution in [-0.2, 0) is 0 Å². The van der Waals surface area contributed by atoms with Gasteiger partial charge in [-0.15, -0.1) is 0 Å². The van der Waals surface area contributed by atoms with Gasteiger partial charge in [0.1, 0.15) is 5.82 Å². The molecule has 0 saturated carbocycles. The normalized spacial score (nSPS) is 10.4. The average molecular weight is 254 g/mol. The Kier molecular flexibility index (Phi) is 4.76. The van der Waals surface area contributed by atoms with Gasteiger partial charge < -0.3 is 5.32 Å². The summed E-state index contributed by atoms with van der Waals surface area (Å²) in [4.78, 5) is 21.3. The SMILES string of the molecule is CC(C)CCNC(=O)c1ccc([N+](=O)[O-])cc1F. The van der Waals surface area contributed by atoms with Gasteiger partial charge in [0.25, 0.3) is 11.6 Å². The number of nitrogens with zero attached hydrogens (tertiary/aromatic N) is 1. The molecule has 0 unspecified atom stereocenters. The molecule has 0 aliphatic carbocycles. The highest BCUT2D eigenvalue weighted by Gasteiger charge is 2.15. The van der Waals surface area contributed by atoms with Gasteiger partial charge in [0, 0.05) is 12.6 Å². The first kappa shape index (κ1) is 14.1. The molecule has 0 spiro atoms. The third kappa shape index (κ3) is 3.80. The second-order valence-electron chi connectivity index (χ2n) is 4.36. The van der Waals surface area contributed by atoms with Crippen molar-refractivity contribution < 1.29 is 14.1 Å². The van der Waals surface area contributed by atoms with Crippen molar-refractivity contribution in [3.05, 3.63) is 39.7 Å². The number of nitrogens with one attached hydrogen (secondary N) is 1. The van der Waals surface area contributed by atoms with Crippen LogP contribution in [0.5, 0.6) is 0 Å². The van der Waals surface area contributed by atoms with Crippen molar-refractivity contribution in [2.45, 2.75) is 20.3 Å². The molecular formula is C12H15FN2O3. The zero-order valence-corrected chi connectivity index (χ0v) is 10.3. The molecule has 1 aromatic rings. The predicted molar refractivity (Wildman–Crippen MR) is 64.8 cm³/mol. The van der Waals surface area contributed by atoms with Crippen molar-refractivity contribution in [3.63, 3.8) is 0 Å². The largest absolute Gasteiger partial charge is 0.352 e. The number of halogens is 1. The zero-order chi connectivity index (χ0) is 13.7. The Balaban J connectivity index is 2.72. The van der Waals surface area contributed by atoms with E-state index in [4.69, 9.17) is 0 Å². The molecule has 0 aliphatic heterocycles. The fourth-order valence-electron chi connectivity index (χ4n) is 1.37. The van der Waals surface area contributed by atoms with Gasteiger partial charge in [-0.1, -0.05) is 13.8 Å². The molecule has 0 radical (unpaired) electrons. The minimum absolute atomic E-state index is 0.177. The van der Waals surface area contributed by atoms with E-state index in [2.05, 4.69) is 5.32 Å².